The Morgan fingerprint density at radius 3 is 2.32 bits per heavy atom. The highest BCUT2D eigenvalue weighted by Gasteiger charge is 2.40. The van der Waals surface area contributed by atoms with Gasteiger partial charge in [-0.25, -0.2) is 14.8 Å². The van der Waals surface area contributed by atoms with Gasteiger partial charge >= 0.3 is 12.3 Å². The number of hydrogen-bond donors (Lipinski definition) is 0. The minimum atomic E-state index is -4.26. The molecule has 2 aliphatic heterocycles. The predicted molar refractivity (Wildman–Crippen MR) is 215 cm³/mol. The fourth-order valence-corrected chi connectivity index (χ4v) is 8.26. The van der Waals surface area contributed by atoms with E-state index in [4.69, 9.17) is 40.0 Å². The van der Waals surface area contributed by atoms with Gasteiger partial charge in [-0.2, -0.15) is 13.2 Å². The van der Waals surface area contributed by atoms with Crippen LogP contribution in [0.3, 0.4) is 0 Å². The molecule has 0 saturated carbocycles. The van der Waals surface area contributed by atoms with Gasteiger partial charge in [0.15, 0.2) is 14.1 Å². The van der Waals surface area contributed by atoms with Crippen LogP contribution in [0.5, 0.6) is 5.75 Å². The number of halogens is 4. The van der Waals surface area contributed by atoms with Crippen LogP contribution in [0.15, 0.2) is 33.9 Å². The molecule has 4 heterocycles. The first-order valence-electron chi connectivity index (χ1n) is 18.9. The topological polar surface area (TPSA) is 106 Å². The van der Waals surface area contributed by atoms with Gasteiger partial charge in [-0.05, 0) is 95.4 Å². The molecule has 1 unspecified atom stereocenters. The Labute approximate surface area is 334 Å². The van der Waals surface area contributed by atoms with Crippen LogP contribution in [-0.4, -0.2) is 110 Å². The summed E-state index contributed by atoms with van der Waals surface area (Å²) in [4.78, 5) is 28.1. The van der Waals surface area contributed by atoms with Gasteiger partial charge in [0.05, 0.1) is 41.2 Å². The largest absolute Gasteiger partial charge is 0.491 e. The minimum absolute atomic E-state index is 0.0881. The molecule has 1 aromatic carbocycles. The zero-order valence-electron chi connectivity index (χ0n) is 34.7. The Hall–Kier alpha value is -3.66. The molecule has 1 amide bonds. The van der Waals surface area contributed by atoms with Gasteiger partial charge in [0.2, 0.25) is 0 Å². The van der Waals surface area contributed by atoms with Crippen LogP contribution in [0.4, 0.5) is 23.8 Å². The number of anilines is 1. The zero-order chi connectivity index (χ0) is 41.5. The third-order valence-electron chi connectivity index (χ3n) is 10.6. The molecule has 56 heavy (non-hydrogen) atoms. The van der Waals surface area contributed by atoms with E-state index in [9.17, 15) is 18.0 Å². The van der Waals surface area contributed by atoms with Crippen molar-refractivity contribution in [2.24, 2.45) is 0 Å². The molecule has 308 valence electrons. The number of carbonyl (C=O) groups is 1. The number of ether oxygens (including phenoxy) is 2. The third kappa shape index (κ3) is 10.4. The van der Waals surface area contributed by atoms with E-state index in [1.165, 1.54) is 9.80 Å². The molecule has 1 atom stereocenters. The second kappa shape index (κ2) is 16.3. The van der Waals surface area contributed by atoms with E-state index in [1.807, 2.05) is 41.5 Å². The van der Waals surface area contributed by atoms with Crippen LogP contribution in [-0.2, 0) is 9.16 Å². The van der Waals surface area contributed by atoms with Crippen molar-refractivity contribution in [2.75, 3.05) is 57.8 Å². The highest BCUT2D eigenvalue weighted by molar-refractivity contribution is 6.74. The van der Waals surface area contributed by atoms with E-state index >= 15 is 0 Å². The maximum atomic E-state index is 13.3. The van der Waals surface area contributed by atoms with Gasteiger partial charge in [-0.15, -0.1) is 0 Å². The Morgan fingerprint density at radius 2 is 1.71 bits per heavy atom. The van der Waals surface area contributed by atoms with E-state index in [2.05, 4.69) is 43.9 Å². The summed E-state index contributed by atoms with van der Waals surface area (Å²) < 4.78 is 64.2. The molecule has 0 saturated heterocycles. The number of hydrogen-bond acceptors (Lipinski definition) is 10. The lowest BCUT2D eigenvalue weighted by Crippen LogP contribution is -2.49. The maximum absolute atomic E-state index is 13.3. The second-order valence-corrected chi connectivity index (χ2v) is 22.7. The Bertz CT molecular complexity index is 1940. The number of benzene rings is 1. The number of alkyl halides is 3. The highest BCUT2D eigenvalue weighted by Crippen LogP contribution is 2.40. The Balaban J connectivity index is 1.47. The quantitative estimate of drug-likeness (QED) is 0.137. The van der Waals surface area contributed by atoms with Gasteiger partial charge in [-0.3, -0.25) is 4.90 Å². The lowest BCUT2D eigenvalue weighted by molar-refractivity contribution is -0.145. The van der Waals surface area contributed by atoms with Crippen molar-refractivity contribution in [1.29, 1.82) is 0 Å². The molecule has 3 aromatic rings. The molecule has 2 aromatic heterocycles. The SMILES string of the molecule is Cc1noc(C)c1-c1nc(-c2cc(OCC(CN(C)C(=O)OC(C)(C)C)O[Si](C)(C)C(C)(C)C)ccc2Cl)nc(N2CC3=C(CN(CC(F)(F)F)CC3)C2)c1C. The molecular weight excluding hydrogens is 765 g/mol. The van der Waals surface area contributed by atoms with Crippen molar-refractivity contribution in [3.8, 4) is 28.4 Å². The highest BCUT2D eigenvalue weighted by atomic mass is 35.5. The molecule has 0 bridgehead atoms. The molecular formula is C40H56ClF3N6O5Si. The summed E-state index contributed by atoms with van der Waals surface area (Å²) in [5, 5.41) is 4.49. The van der Waals surface area contributed by atoms with Gasteiger partial charge in [-0.1, -0.05) is 37.5 Å². The summed E-state index contributed by atoms with van der Waals surface area (Å²) in [6.45, 7) is 22.9. The number of aromatic nitrogens is 3. The van der Waals surface area contributed by atoms with Gasteiger partial charge in [0, 0.05) is 44.4 Å². The fraction of sp³-hybridized carbons (Fsp3) is 0.600. The molecule has 0 fully saturated rings. The summed E-state index contributed by atoms with van der Waals surface area (Å²) in [6, 6.07) is 5.28. The first-order valence-corrected chi connectivity index (χ1v) is 22.2. The van der Waals surface area contributed by atoms with E-state index in [0.29, 0.717) is 71.2 Å². The molecule has 2 aliphatic rings. The van der Waals surface area contributed by atoms with Crippen molar-refractivity contribution in [2.45, 2.75) is 105 Å². The Kier molecular flexibility index (Phi) is 12.6. The number of rotatable bonds is 11. The lowest BCUT2D eigenvalue weighted by Gasteiger charge is -2.40. The van der Waals surface area contributed by atoms with Crippen LogP contribution in [0, 0.1) is 20.8 Å². The first kappa shape index (κ1) is 43.5. The van der Waals surface area contributed by atoms with Crippen molar-refractivity contribution < 1.29 is 36.4 Å². The molecule has 11 nitrogen and oxygen atoms in total. The third-order valence-corrected chi connectivity index (χ3v) is 15.4. The predicted octanol–water partition coefficient (Wildman–Crippen LogP) is 9.40. The summed E-state index contributed by atoms with van der Waals surface area (Å²) in [6.07, 6.45) is -4.62. The average Bonchev–Trinajstić information content (AvgIpc) is 3.63. The number of likely N-dealkylation sites (N-methyl/N-ethyl adjacent to an activating group) is 1. The molecule has 16 heteroatoms. The van der Waals surface area contributed by atoms with Crippen LogP contribution < -0.4 is 9.64 Å². The molecule has 0 spiro atoms. The van der Waals surface area contributed by atoms with E-state index < -0.39 is 38.8 Å². The molecule has 0 aliphatic carbocycles. The van der Waals surface area contributed by atoms with E-state index in [1.54, 1.807) is 25.2 Å². The molecule has 0 N–H and O–H groups in total. The number of amides is 1. The number of nitrogens with zero attached hydrogens (tertiary/aromatic N) is 6. The standard InChI is InChI=1S/C40H56ClF3N6O5Si/c1-24-34(33-25(2)47-54-26(33)3)45-35(46-36(24)50-19-27-15-16-49(18-28(27)20-50)23-40(42,43)44)31-17-29(13-14-32(31)41)52-22-30(55-56(11,12)39(7,8)9)21-48(10)37(51)53-38(4,5)6/h13-14,17,30H,15-16,18-23H2,1-12H3. The monoisotopic (exact) mass is 820 g/mol. The normalized spacial score (nSPS) is 16.3. The minimum Gasteiger partial charge on any atom is -0.491 e. The second-order valence-electron chi connectivity index (χ2n) is 17.5. The van der Waals surface area contributed by atoms with Crippen LogP contribution in [0.25, 0.3) is 22.6 Å². The summed E-state index contributed by atoms with van der Waals surface area (Å²) in [7, 11) is -0.609. The van der Waals surface area contributed by atoms with Crippen LogP contribution >= 0.6 is 11.6 Å². The molecule has 5 rings (SSSR count). The average molecular weight is 821 g/mol. The molecule has 0 radical (unpaired) electrons. The van der Waals surface area contributed by atoms with Crippen LogP contribution in [0.2, 0.25) is 23.2 Å². The lowest BCUT2D eigenvalue weighted by atomic mass is 10.0. The van der Waals surface area contributed by atoms with Crippen molar-refractivity contribution in [1.82, 2.24) is 24.9 Å². The van der Waals surface area contributed by atoms with E-state index in [-0.39, 0.29) is 24.7 Å². The zero-order valence-corrected chi connectivity index (χ0v) is 36.5. The smallest absolute Gasteiger partial charge is 0.410 e. The summed E-state index contributed by atoms with van der Waals surface area (Å²) >= 11 is 6.88. The number of aryl methyl sites for hydroxylation is 2. The Morgan fingerprint density at radius 1 is 1.04 bits per heavy atom. The number of carbonyl (C=O) groups excluding carboxylic acids is 1. The fourth-order valence-electron chi connectivity index (χ4n) is 6.73. The van der Waals surface area contributed by atoms with Gasteiger partial charge in [0.1, 0.15) is 29.5 Å². The summed E-state index contributed by atoms with van der Waals surface area (Å²) in [5.74, 6) is 2.09. The first-order chi connectivity index (χ1) is 25.8. The van der Waals surface area contributed by atoms with Crippen molar-refractivity contribution in [3.63, 3.8) is 0 Å². The maximum Gasteiger partial charge on any atom is 0.410 e. The van der Waals surface area contributed by atoms with Gasteiger partial charge in [0.25, 0.3) is 0 Å². The summed E-state index contributed by atoms with van der Waals surface area (Å²) in [5.41, 5.74) is 4.82. The van der Waals surface area contributed by atoms with Gasteiger partial charge < -0.3 is 28.2 Å². The van der Waals surface area contributed by atoms with Crippen molar-refractivity contribution >= 4 is 31.8 Å². The van der Waals surface area contributed by atoms with Crippen molar-refractivity contribution in [3.05, 3.63) is 51.4 Å². The van der Waals surface area contributed by atoms with E-state index in [0.717, 1.165) is 22.3 Å². The van der Waals surface area contributed by atoms with Crippen LogP contribution in [0.1, 0.15) is 65.0 Å².